The molecule has 0 amide bonds. The van der Waals surface area contributed by atoms with Gasteiger partial charge in [-0.05, 0) is 42.9 Å². The van der Waals surface area contributed by atoms with Gasteiger partial charge in [-0.1, -0.05) is 24.4 Å². The molecular formula is C18H22ClNO4. The second kappa shape index (κ2) is 6.45. The Kier molecular flexibility index (Phi) is 4.31. The van der Waals surface area contributed by atoms with E-state index in [2.05, 4.69) is 4.90 Å². The number of benzene rings is 1. The Morgan fingerprint density at radius 1 is 1.25 bits per heavy atom. The van der Waals surface area contributed by atoms with Gasteiger partial charge in [-0.2, -0.15) is 0 Å². The molecule has 0 aromatic heterocycles. The Morgan fingerprint density at radius 3 is 2.88 bits per heavy atom. The second-order valence-corrected chi connectivity index (χ2v) is 7.38. The monoisotopic (exact) mass is 351 g/mol. The van der Waals surface area contributed by atoms with Crippen molar-refractivity contribution in [3.05, 3.63) is 22.7 Å². The largest absolute Gasteiger partial charge is 0.486 e. The summed E-state index contributed by atoms with van der Waals surface area (Å²) in [5, 5.41) is 10.2. The molecule has 0 spiro atoms. The zero-order valence-corrected chi connectivity index (χ0v) is 14.3. The van der Waals surface area contributed by atoms with E-state index < -0.39 is 12.0 Å². The molecule has 3 atom stereocenters. The molecule has 6 heteroatoms. The van der Waals surface area contributed by atoms with Crippen LogP contribution in [0.15, 0.2) is 12.1 Å². The maximum absolute atomic E-state index is 11.7. The number of rotatable bonds is 3. The van der Waals surface area contributed by atoms with E-state index in [-0.39, 0.29) is 0 Å². The molecule has 1 aromatic rings. The van der Waals surface area contributed by atoms with E-state index >= 15 is 0 Å². The highest BCUT2D eigenvalue weighted by atomic mass is 35.5. The molecule has 4 rings (SSSR count). The lowest BCUT2D eigenvalue weighted by atomic mass is 9.84. The number of carbonyl (C=O) groups is 1. The van der Waals surface area contributed by atoms with E-state index in [0.717, 1.165) is 24.8 Å². The van der Waals surface area contributed by atoms with Crippen LogP contribution in [0.3, 0.4) is 0 Å². The van der Waals surface area contributed by atoms with Crippen molar-refractivity contribution < 1.29 is 19.4 Å². The van der Waals surface area contributed by atoms with Gasteiger partial charge in [-0.3, -0.25) is 9.69 Å². The second-order valence-electron chi connectivity index (χ2n) is 6.98. The molecule has 1 N–H and O–H groups in total. The molecule has 1 saturated heterocycles. The van der Waals surface area contributed by atoms with Gasteiger partial charge in [-0.25, -0.2) is 0 Å². The predicted molar refractivity (Wildman–Crippen MR) is 89.8 cm³/mol. The van der Waals surface area contributed by atoms with Crippen LogP contribution in [-0.4, -0.2) is 41.3 Å². The first-order valence-electron chi connectivity index (χ1n) is 8.70. The van der Waals surface area contributed by atoms with Crippen molar-refractivity contribution in [3.8, 4) is 11.5 Å². The van der Waals surface area contributed by atoms with Crippen molar-refractivity contribution in [2.75, 3.05) is 13.2 Å². The number of ether oxygens (including phenoxy) is 2. The lowest BCUT2D eigenvalue weighted by Gasteiger charge is -2.33. The van der Waals surface area contributed by atoms with Crippen molar-refractivity contribution in [3.63, 3.8) is 0 Å². The molecule has 1 aliphatic carbocycles. The van der Waals surface area contributed by atoms with Crippen molar-refractivity contribution >= 4 is 17.6 Å². The molecule has 24 heavy (non-hydrogen) atoms. The zero-order valence-electron chi connectivity index (χ0n) is 13.5. The van der Waals surface area contributed by atoms with Crippen LogP contribution in [0.5, 0.6) is 11.5 Å². The summed E-state index contributed by atoms with van der Waals surface area (Å²) in [4.78, 5) is 13.9. The fourth-order valence-corrected chi connectivity index (χ4v) is 4.78. The quantitative estimate of drug-likeness (QED) is 0.905. The van der Waals surface area contributed by atoms with Crippen molar-refractivity contribution in [2.45, 2.75) is 50.7 Å². The van der Waals surface area contributed by atoms with Gasteiger partial charge in [0.25, 0.3) is 0 Å². The van der Waals surface area contributed by atoms with E-state index in [9.17, 15) is 9.90 Å². The SMILES string of the molecule is O=C(O)C1CC2CCCCC2N1Cc1cc(Cl)c2c(c1)OCCO2. The molecule has 5 nitrogen and oxygen atoms in total. The third-order valence-electron chi connectivity index (χ3n) is 5.53. The molecule has 1 aromatic carbocycles. The van der Waals surface area contributed by atoms with Crippen molar-refractivity contribution in [2.24, 2.45) is 5.92 Å². The lowest BCUT2D eigenvalue weighted by molar-refractivity contribution is -0.142. The Morgan fingerprint density at radius 2 is 2.04 bits per heavy atom. The van der Waals surface area contributed by atoms with Gasteiger partial charge in [0.15, 0.2) is 11.5 Å². The van der Waals surface area contributed by atoms with Gasteiger partial charge in [0.1, 0.15) is 19.3 Å². The van der Waals surface area contributed by atoms with Gasteiger partial charge in [0.2, 0.25) is 0 Å². The van der Waals surface area contributed by atoms with Crippen LogP contribution in [0.1, 0.15) is 37.7 Å². The smallest absolute Gasteiger partial charge is 0.320 e. The Labute approximate surface area is 146 Å². The fraction of sp³-hybridized carbons (Fsp3) is 0.611. The highest BCUT2D eigenvalue weighted by Crippen LogP contribution is 2.42. The third-order valence-corrected chi connectivity index (χ3v) is 5.81. The summed E-state index contributed by atoms with van der Waals surface area (Å²) in [5.41, 5.74) is 0.988. The third kappa shape index (κ3) is 2.84. The van der Waals surface area contributed by atoms with E-state index in [4.69, 9.17) is 21.1 Å². The van der Waals surface area contributed by atoms with Crippen LogP contribution in [0.4, 0.5) is 0 Å². The van der Waals surface area contributed by atoms with Crippen LogP contribution < -0.4 is 9.47 Å². The number of fused-ring (bicyclic) bond motifs is 2. The molecule has 1 saturated carbocycles. The first-order chi connectivity index (χ1) is 11.6. The summed E-state index contributed by atoms with van der Waals surface area (Å²) in [6.07, 6.45) is 5.40. The van der Waals surface area contributed by atoms with Gasteiger partial charge >= 0.3 is 5.97 Å². The number of likely N-dealkylation sites (tertiary alicyclic amines) is 1. The topological polar surface area (TPSA) is 59.0 Å². The highest BCUT2D eigenvalue weighted by Gasteiger charge is 2.45. The first kappa shape index (κ1) is 16.0. The van der Waals surface area contributed by atoms with Crippen LogP contribution in [0, 0.1) is 5.92 Å². The van der Waals surface area contributed by atoms with Crippen molar-refractivity contribution in [1.82, 2.24) is 4.90 Å². The maximum Gasteiger partial charge on any atom is 0.320 e. The van der Waals surface area contributed by atoms with E-state index in [0.29, 0.717) is 48.2 Å². The normalized spacial score (nSPS) is 29.3. The average molecular weight is 352 g/mol. The molecule has 3 aliphatic rings. The van der Waals surface area contributed by atoms with Gasteiger partial charge in [-0.15, -0.1) is 0 Å². The number of hydrogen-bond donors (Lipinski definition) is 1. The summed E-state index contributed by atoms with van der Waals surface area (Å²) in [7, 11) is 0. The Hall–Kier alpha value is -1.46. The average Bonchev–Trinajstić information content (AvgIpc) is 2.94. The Bertz CT molecular complexity index is 650. The van der Waals surface area contributed by atoms with Crippen molar-refractivity contribution in [1.29, 1.82) is 0 Å². The van der Waals surface area contributed by atoms with Crippen LogP contribution in [0.2, 0.25) is 5.02 Å². The number of aliphatic carboxylic acids is 1. The fourth-order valence-electron chi connectivity index (χ4n) is 4.49. The lowest BCUT2D eigenvalue weighted by Crippen LogP contribution is -2.41. The molecule has 2 aliphatic heterocycles. The minimum atomic E-state index is -0.715. The number of nitrogens with zero attached hydrogens (tertiary/aromatic N) is 1. The van der Waals surface area contributed by atoms with Gasteiger partial charge in [0, 0.05) is 12.6 Å². The van der Waals surface area contributed by atoms with E-state index in [1.54, 1.807) is 0 Å². The summed E-state index contributed by atoms with van der Waals surface area (Å²) < 4.78 is 11.2. The molecule has 0 bridgehead atoms. The van der Waals surface area contributed by atoms with Crippen LogP contribution >= 0.6 is 11.6 Å². The molecule has 130 valence electrons. The minimum absolute atomic E-state index is 0.367. The molecular weight excluding hydrogens is 330 g/mol. The van der Waals surface area contributed by atoms with Gasteiger partial charge < -0.3 is 14.6 Å². The highest BCUT2D eigenvalue weighted by molar-refractivity contribution is 6.32. The van der Waals surface area contributed by atoms with Crippen LogP contribution in [0.25, 0.3) is 0 Å². The number of halogens is 1. The molecule has 2 heterocycles. The maximum atomic E-state index is 11.7. The summed E-state index contributed by atoms with van der Waals surface area (Å²) in [5.74, 6) is 1.05. The number of carboxylic acid groups (broad SMARTS) is 1. The summed E-state index contributed by atoms with van der Waals surface area (Å²) in [6, 6.07) is 3.79. The minimum Gasteiger partial charge on any atom is -0.486 e. The predicted octanol–water partition coefficient (Wildman–Crippen LogP) is 3.33. The number of carboxylic acids is 1. The summed E-state index contributed by atoms with van der Waals surface area (Å²) in [6.45, 7) is 1.61. The van der Waals surface area contributed by atoms with E-state index in [1.807, 2.05) is 12.1 Å². The zero-order chi connectivity index (χ0) is 16.7. The van der Waals surface area contributed by atoms with Crippen LogP contribution in [-0.2, 0) is 11.3 Å². The molecule has 0 radical (unpaired) electrons. The standard InChI is InChI=1S/C18H22ClNO4/c19-13-7-11(8-16-17(13)24-6-5-23-16)10-20-14-4-2-1-3-12(14)9-15(20)18(21)22/h7-8,12,14-15H,1-6,9-10H2,(H,21,22). The van der Waals surface area contributed by atoms with E-state index in [1.165, 1.54) is 12.8 Å². The van der Waals surface area contributed by atoms with Gasteiger partial charge in [0.05, 0.1) is 5.02 Å². The first-order valence-corrected chi connectivity index (χ1v) is 9.08. The number of hydrogen-bond acceptors (Lipinski definition) is 4. The molecule has 2 fully saturated rings. The Balaban J connectivity index is 1.60. The summed E-state index contributed by atoms with van der Waals surface area (Å²) >= 11 is 6.33. The molecule has 3 unspecified atom stereocenters.